The number of hydrogen-bond acceptors (Lipinski definition) is 5. The first kappa shape index (κ1) is 13.7. The Morgan fingerprint density at radius 3 is 2.59 bits per heavy atom. The first-order valence-corrected chi connectivity index (χ1v) is 6.01. The second kappa shape index (κ2) is 6.39. The van der Waals surface area contributed by atoms with Crippen molar-refractivity contribution in [3.63, 3.8) is 0 Å². The van der Waals surface area contributed by atoms with E-state index in [1.807, 2.05) is 25.9 Å². The van der Waals surface area contributed by atoms with Crippen LogP contribution in [0.15, 0.2) is 0 Å². The van der Waals surface area contributed by atoms with Crippen LogP contribution in [0.2, 0.25) is 0 Å². The molecule has 2 N–H and O–H groups in total. The van der Waals surface area contributed by atoms with Gasteiger partial charge in [-0.2, -0.15) is 0 Å². The van der Waals surface area contributed by atoms with E-state index in [9.17, 15) is 0 Å². The maximum Gasteiger partial charge on any atom is 0.137 e. The predicted octanol–water partition coefficient (Wildman–Crippen LogP) is 1.21. The topological polar surface area (TPSA) is 61.3 Å². The van der Waals surface area contributed by atoms with Crippen molar-refractivity contribution in [1.82, 2.24) is 9.97 Å². The van der Waals surface area contributed by atoms with Crippen molar-refractivity contribution >= 4 is 11.6 Å². The molecule has 1 rings (SSSR count). The highest BCUT2D eigenvalue weighted by atomic mass is 16.3. The van der Waals surface area contributed by atoms with Gasteiger partial charge in [-0.3, -0.25) is 0 Å². The minimum absolute atomic E-state index is 0.123. The lowest BCUT2D eigenvalue weighted by Gasteiger charge is -2.21. The number of likely N-dealkylation sites (N-methyl/N-ethyl adjacent to an activating group) is 1. The molecule has 0 fully saturated rings. The fraction of sp³-hybridized carbons (Fsp3) is 0.667. The van der Waals surface area contributed by atoms with Crippen LogP contribution in [0.3, 0.4) is 0 Å². The molecule has 96 valence electrons. The van der Waals surface area contributed by atoms with Crippen molar-refractivity contribution in [2.24, 2.45) is 0 Å². The Balaban J connectivity index is 3.12. The van der Waals surface area contributed by atoms with Crippen LogP contribution >= 0.6 is 0 Å². The molecular weight excluding hydrogens is 216 g/mol. The lowest BCUT2D eigenvalue weighted by Crippen LogP contribution is -2.24. The van der Waals surface area contributed by atoms with Crippen molar-refractivity contribution in [2.45, 2.75) is 26.7 Å². The number of hydrogen-bond donors (Lipinski definition) is 2. The van der Waals surface area contributed by atoms with Crippen LogP contribution in [0.1, 0.15) is 24.7 Å². The Bertz CT molecular complexity index is 368. The van der Waals surface area contributed by atoms with Gasteiger partial charge < -0.3 is 15.3 Å². The maximum absolute atomic E-state index is 8.99. The third-order valence-electron chi connectivity index (χ3n) is 2.67. The zero-order valence-electron chi connectivity index (χ0n) is 11.1. The number of aliphatic hydroxyl groups excluding tert-OH is 1. The molecule has 0 aliphatic rings. The molecule has 0 spiro atoms. The normalized spacial score (nSPS) is 10.4. The summed E-state index contributed by atoms with van der Waals surface area (Å²) in [6.45, 7) is 4.80. The maximum atomic E-state index is 8.99. The number of nitrogens with one attached hydrogen (secondary N) is 1. The molecule has 0 aliphatic carbocycles. The van der Waals surface area contributed by atoms with Crippen LogP contribution < -0.4 is 10.2 Å². The van der Waals surface area contributed by atoms with E-state index in [0.717, 1.165) is 35.9 Å². The third-order valence-corrected chi connectivity index (χ3v) is 2.67. The van der Waals surface area contributed by atoms with Crippen LogP contribution in [0.25, 0.3) is 0 Å². The zero-order chi connectivity index (χ0) is 12.8. The third kappa shape index (κ3) is 3.30. The quantitative estimate of drug-likeness (QED) is 0.780. The van der Waals surface area contributed by atoms with Crippen LogP contribution in [-0.2, 0) is 6.42 Å². The molecule has 17 heavy (non-hydrogen) atoms. The monoisotopic (exact) mass is 238 g/mol. The van der Waals surface area contributed by atoms with E-state index in [1.165, 1.54) is 0 Å². The summed E-state index contributed by atoms with van der Waals surface area (Å²) in [5.41, 5.74) is 1.02. The van der Waals surface area contributed by atoms with Gasteiger partial charge in [0, 0.05) is 32.6 Å². The molecule has 1 aromatic heterocycles. The average Bonchev–Trinajstić information content (AvgIpc) is 2.31. The molecule has 0 saturated heterocycles. The number of rotatable bonds is 6. The predicted molar refractivity (Wildman–Crippen MR) is 70.7 cm³/mol. The molecule has 0 bridgehead atoms. The van der Waals surface area contributed by atoms with E-state index in [0.29, 0.717) is 6.54 Å². The van der Waals surface area contributed by atoms with E-state index in [4.69, 9.17) is 5.11 Å². The standard InChI is InChI=1S/C12H22N4O/c1-5-6-10-14-11(13-3)9(2)12(15-10)16(4)7-8-17/h17H,5-8H2,1-4H3,(H,13,14,15). The van der Waals surface area contributed by atoms with Crippen LogP contribution in [0.5, 0.6) is 0 Å². The van der Waals surface area contributed by atoms with Gasteiger partial charge in [-0.05, 0) is 13.3 Å². The second-order valence-corrected chi connectivity index (χ2v) is 4.08. The number of aliphatic hydroxyl groups is 1. The van der Waals surface area contributed by atoms with Gasteiger partial charge in [-0.25, -0.2) is 9.97 Å². The summed E-state index contributed by atoms with van der Waals surface area (Å²) in [5, 5.41) is 12.1. The van der Waals surface area contributed by atoms with Gasteiger partial charge in [0.05, 0.1) is 6.61 Å². The minimum atomic E-state index is 0.123. The molecular formula is C12H22N4O. The SMILES string of the molecule is CCCc1nc(NC)c(C)c(N(C)CCO)n1. The van der Waals surface area contributed by atoms with Crippen molar-refractivity contribution in [2.75, 3.05) is 37.5 Å². The number of aromatic nitrogens is 2. The fourth-order valence-corrected chi connectivity index (χ4v) is 1.76. The molecule has 0 radical (unpaired) electrons. The molecule has 5 heteroatoms. The Hall–Kier alpha value is -1.36. The summed E-state index contributed by atoms with van der Waals surface area (Å²) >= 11 is 0. The van der Waals surface area contributed by atoms with Gasteiger partial charge in [0.15, 0.2) is 0 Å². The highest BCUT2D eigenvalue weighted by Gasteiger charge is 2.12. The van der Waals surface area contributed by atoms with E-state index in [-0.39, 0.29) is 6.61 Å². The van der Waals surface area contributed by atoms with Crippen LogP contribution in [0, 0.1) is 6.92 Å². The van der Waals surface area contributed by atoms with E-state index < -0.39 is 0 Å². The van der Waals surface area contributed by atoms with Crippen LogP contribution in [-0.4, -0.2) is 42.3 Å². The van der Waals surface area contributed by atoms with Crippen molar-refractivity contribution in [1.29, 1.82) is 0 Å². The van der Waals surface area contributed by atoms with Crippen molar-refractivity contribution < 1.29 is 5.11 Å². The lowest BCUT2D eigenvalue weighted by atomic mass is 10.2. The van der Waals surface area contributed by atoms with Gasteiger partial charge in [0.25, 0.3) is 0 Å². The number of anilines is 2. The van der Waals surface area contributed by atoms with Gasteiger partial charge in [0.2, 0.25) is 0 Å². The van der Waals surface area contributed by atoms with E-state index in [2.05, 4.69) is 22.2 Å². The molecule has 0 aliphatic heterocycles. The largest absolute Gasteiger partial charge is 0.395 e. The Labute approximate surface area is 103 Å². The van der Waals surface area contributed by atoms with E-state index in [1.54, 1.807) is 0 Å². The fourth-order valence-electron chi connectivity index (χ4n) is 1.76. The minimum Gasteiger partial charge on any atom is -0.395 e. The molecule has 0 amide bonds. The summed E-state index contributed by atoms with van der Waals surface area (Å²) < 4.78 is 0. The number of aryl methyl sites for hydroxylation is 1. The zero-order valence-corrected chi connectivity index (χ0v) is 11.1. The summed E-state index contributed by atoms with van der Waals surface area (Å²) in [6.07, 6.45) is 1.89. The Kier molecular flexibility index (Phi) is 5.15. The number of nitrogens with zero attached hydrogens (tertiary/aromatic N) is 3. The summed E-state index contributed by atoms with van der Waals surface area (Å²) in [4.78, 5) is 11.0. The Morgan fingerprint density at radius 2 is 2.06 bits per heavy atom. The van der Waals surface area contributed by atoms with Gasteiger partial charge in [-0.15, -0.1) is 0 Å². The van der Waals surface area contributed by atoms with Crippen molar-refractivity contribution in [3.8, 4) is 0 Å². The summed E-state index contributed by atoms with van der Waals surface area (Å²) in [6, 6.07) is 0. The van der Waals surface area contributed by atoms with E-state index >= 15 is 0 Å². The Morgan fingerprint density at radius 1 is 1.35 bits per heavy atom. The average molecular weight is 238 g/mol. The molecule has 0 atom stereocenters. The molecule has 0 unspecified atom stereocenters. The first-order valence-electron chi connectivity index (χ1n) is 6.01. The highest BCUT2D eigenvalue weighted by Crippen LogP contribution is 2.22. The molecule has 0 saturated carbocycles. The highest BCUT2D eigenvalue weighted by molar-refractivity contribution is 5.58. The summed E-state index contributed by atoms with van der Waals surface area (Å²) in [5.74, 6) is 2.60. The molecule has 1 heterocycles. The molecule has 5 nitrogen and oxygen atoms in total. The second-order valence-electron chi connectivity index (χ2n) is 4.08. The smallest absolute Gasteiger partial charge is 0.137 e. The van der Waals surface area contributed by atoms with Gasteiger partial charge in [-0.1, -0.05) is 6.92 Å². The van der Waals surface area contributed by atoms with Crippen LogP contribution in [0.4, 0.5) is 11.6 Å². The van der Waals surface area contributed by atoms with Gasteiger partial charge >= 0.3 is 0 Å². The molecule has 1 aromatic rings. The lowest BCUT2D eigenvalue weighted by molar-refractivity contribution is 0.303. The van der Waals surface area contributed by atoms with Gasteiger partial charge in [0.1, 0.15) is 17.5 Å². The first-order chi connectivity index (χ1) is 8.13. The summed E-state index contributed by atoms with van der Waals surface area (Å²) in [7, 11) is 3.79. The molecule has 0 aromatic carbocycles. The van der Waals surface area contributed by atoms with Crippen molar-refractivity contribution in [3.05, 3.63) is 11.4 Å².